The molecule has 0 bridgehead atoms. The summed E-state index contributed by atoms with van der Waals surface area (Å²) in [6.07, 6.45) is 3.92. The molecule has 5 nitrogen and oxygen atoms in total. The number of rotatable bonds is 5. The number of benzene rings is 1. The molecule has 114 valence electrons. The highest BCUT2D eigenvalue weighted by Crippen LogP contribution is 2.27. The molecule has 2 aromatic rings. The van der Waals surface area contributed by atoms with E-state index in [0.717, 1.165) is 29.2 Å². The molecule has 0 aliphatic carbocycles. The Morgan fingerprint density at radius 3 is 2.86 bits per heavy atom. The van der Waals surface area contributed by atoms with Crippen LogP contribution in [0.3, 0.4) is 0 Å². The Kier molecular flexibility index (Phi) is 4.15. The van der Waals surface area contributed by atoms with Gasteiger partial charge in [-0.05, 0) is 25.5 Å². The van der Waals surface area contributed by atoms with E-state index in [1.54, 1.807) is 12.4 Å². The fourth-order valence-corrected chi connectivity index (χ4v) is 2.89. The van der Waals surface area contributed by atoms with Gasteiger partial charge in [-0.15, -0.1) is 0 Å². The number of nitrogens with zero attached hydrogens (tertiary/aromatic N) is 3. The van der Waals surface area contributed by atoms with Crippen molar-refractivity contribution in [3.05, 3.63) is 53.6 Å². The number of carbonyl (C=O) groups is 1. The van der Waals surface area contributed by atoms with Crippen LogP contribution in [0, 0.1) is 6.92 Å². The predicted molar refractivity (Wildman–Crippen MR) is 85.7 cm³/mol. The van der Waals surface area contributed by atoms with E-state index >= 15 is 0 Å². The average molecular weight is 296 g/mol. The molecule has 3 rings (SSSR count). The van der Waals surface area contributed by atoms with E-state index in [9.17, 15) is 4.79 Å². The Morgan fingerprint density at radius 2 is 2.05 bits per heavy atom. The van der Waals surface area contributed by atoms with Crippen LogP contribution in [0.5, 0.6) is 0 Å². The molecule has 1 aliphatic heterocycles. The van der Waals surface area contributed by atoms with Crippen LogP contribution in [-0.4, -0.2) is 29.0 Å². The first kappa shape index (κ1) is 14.7. The lowest BCUT2D eigenvalue weighted by Gasteiger charge is -2.20. The molecular weight excluding hydrogens is 276 g/mol. The molecule has 0 saturated carbocycles. The number of hydrogen-bond acceptors (Lipinski definition) is 4. The topological polar surface area (TPSA) is 58.1 Å². The number of anilines is 1. The van der Waals surface area contributed by atoms with E-state index in [0.29, 0.717) is 13.0 Å². The van der Waals surface area contributed by atoms with Gasteiger partial charge in [0.05, 0.1) is 17.8 Å². The van der Waals surface area contributed by atoms with Gasteiger partial charge >= 0.3 is 0 Å². The van der Waals surface area contributed by atoms with Crippen LogP contribution < -0.4 is 10.2 Å². The summed E-state index contributed by atoms with van der Waals surface area (Å²) in [6.45, 7) is 5.41. The van der Waals surface area contributed by atoms with Crippen LogP contribution in [0.4, 0.5) is 5.69 Å². The second kappa shape index (κ2) is 6.23. The maximum atomic E-state index is 12.1. The third-order valence-corrected chi connectivity index (χ3v) is 4.04. The van der Waals surface area contributed by atoms with Crippen molar-refractivity contribution in [2.24, 2.45) is 0 Å². The average Bonchev–Trinajstić information content (AvgIpc) is 2.83. The molecule has 5 heteroatoms. The lowest BCUT2D eigenvalue weighted by molar-refractivity contribution is -0.117. The van der Waals surface area contributed by atoms with Crippen LogP contribution >= 0.6 is 0 Å². The normalized spacial score (nSPS) is 15.0. The summed E-state index contributed by atoms with van der Waals surface area (Å²) in [4.78, 5) is 22.6. The standard InChI is InChI=1S/C17H20N4O/c1-12-17(20-8-7-18-12)13(2)19-9-10-21-15-6-4-3-5-14(15)11-16(21)22/h3-8,13,19H,9-11H2,1-2H3. The Labute approximate surface area is 130 Å². The minimum Gasteiger partial charge on any atom is -0.311 e. The summed E-state index contributed by atoms with van der Waals surface area (Å²) in [6, 6.07) is 8.10. The molecule has 0 saturated heterocycles. The van der Waals surface area contributed by atoms with Crippen molar-refractivity contribution in [3.8, 4) is 0 Å². The van der Waals surface area contributed by atoms with Crippen molar-refractivity contribution in [1.82, 2.24) is 15.3 Å². The molecule has 1 N–H and O–H groups in total. The van der Waals surface area contributed by atoms with Crippen molar-refractivity contribution in [1.29, 1.82) is 0 Å². The summed E-state index contributed by atoms with van der Waals surface area (Å²) < 4.78 is 0. The number of aromatic nitrogens is 2. The monoisotopic (exact) mass is 296 g/mol. The predicted octanol–water partition coefficient (Wildman–Crippen LogP) is 2.02. The highest BCUT2D eigenvalue weighted by atomic mass is 16.2. The Balaban J connectivity index is 1.60. The van der Waals surface area contributed by atoms with Gasteiger partial charge in [0, 0.05) is 37.2 Å². The van der Waals surface area contributed by atoms with Gasteiger partial charge in [-0.1, -0.05) is 18.2 Å². The van der Waals surface area contributed by atoms with Crippen LogP contribution in [0.15, 0.2) is 36.7 Å². The largest absolute Gasteiger partial charge is 0.311 e. The molecule has 2 heterocycles. The van der Waals surface area contributed by atoms with Crippen LogP contribution in [-0.2, 0) is 11.2 Å². The second-order valence-electron chi connectivity index (χ2n) is 5.55. The van der Waals surface area contributed by atoms with Gasteiger partial charge in [0.25, 0.3) is 0 Å². The summed E-state index contributed by atoms with van der Waals surface area (Å²) in [7, 11) is 0. The molecule has 1 atom stereocenters. The van der Waals surface area contributed by atoms with E-state index in [1.807, 2.05) is 36.1 Å². The van der Waals surface area contributed by atoms with E-state index in [2.05, 4.69) is 22.2 Å². The van der Waals surface area contributed by atoms with Gasteiger partial charge in [0.2, 0.25) is 5.91 Å². The summed E-state index contributed by atoms with van der Waals surface area (Å²) in [5.41, 5.74) is 4.05. The number of amides is 1. The van der Waals surface area contributed by atoms with Crippen LogP contribution in [0.2, 0.25) is 0 Å². The van der Waals surface area contributed by atoms with Gasteiger partial charge in [-0.25, -0.2) is 0 Å². The zero-order valence-electron chi connectivity index (χ0n) is 12.9. The molecule has 0 spiro atoms. The number of carbonyl (C=O) groups excluding carboxylic acids is 1. The van der Waals surface area contributed by atoms with E-state index in [-0.39, 0.29) is 11.9 Å². The minimum absolute atomic E-state index is 0.113. The van der Waals surface area contributed by atoms with Gasteiger partial charge in [0.15, 0.2) is 0 Å². The molecule has 1 amide bonds. The van der Waals surface area contributed by atoms with Crippen molar-refractivity contribution in [2.45, 2.75) is 26.3 Å². The van der Waals surface area contributed by atoms with E-state index < -0.39 is 0 Å². The summed E-state index contributed by atoms with van der Waals surface area (Å²) >= 11 is 0. The number of aryl methyl sites for hydroxylation is 1. The number of nitrogens with one attached hydrogen (secondary N) is 1. The van der Waals surface area contributed by atoms with E-state index in [4.69, 9.17) is 0 Å². The lowest BCUT2D eigenvalue weighted by atomic mass is 10.2. The Morgan fingerprint density at radius 1 is 1.27 bits per heavy atom. The van der Waals surface area contributed by atoms with E-state index in [1.165, 1.54) is 0 Å². The first-order chi connectivity index (χ1) is 10.7. The van der Waals surface area contributed by atoms with Crippen LogP contribution in [0.25, 0.3) is 0 Å². The summed E-state index contributed by atoms with van der Waals surface area (Å²) in [5, 5.41) is 3.42. The zero-order valence-corrected chi connectivity index (χ0v) is 12.9. The number of hydrogen-bond donors (Lipinski definition) is 1. The molecule has 1 aromatic carbocycles. The molecule has 1 unspecified atom stereocenters. The fraction of sp³-hybridized carbons (Fsp3) is 0.353. The maximum absolute atomic E-state index is 12.1. The van der Waals surface area contributed by atoms with Crippen molar-refractivity contribution < 1.29 is 4.79 Å². The molecule has 22 heavy (non-hydrogen) atoms. The Bertz CT molecular complexity index is 686. The Hall–Kier alpha value is -2.27. The van der Waals surface area contributed by atoms with Crippen molar-refractivity contribution >= 4 is 11.6 Å². The zero-order chi connectivity index (χ0) is 15.5. The molecule has 0 radical (unpaired) electrons. The third-order valence-electron chi connectivity index (χ3n) is 4.04. The van der Waals surface area contributed by atoms with Crippen molar-refractivity contribution in [3.63, 3.8) is 0 Å². The fourth-order valence-electron chi connectivity index (χ4n) is 2.89. The maximum Gasteiger partial charge on any atom is 0.231 e. The molecule has 1 aliphatic rings. The second-order valence-corrected chi connectivity index (χ2v) is 5.55. The highest BCUT2D eigenvalue weighted by Gasteiger charge is 2.26. The molecule has 1 aromatic heterocycles. The van der Waals surface area contributed by atoms with Gasteiger partial charge < -0.3 is 10.2 Å². The summed E-state index contributed by atoms with van der Waals surface area (Å²) in [5.74, 6) is 0.173. The van der Waals surface area contributed by atoms with Crippen LogP contribution in [0.1, 0.15) is 29.9 Å². The number of para-hydroxylation sites is 1. The van der Waals surface area contributed by atoms with Crippen molar-refractivity contribution in [2.75, 3.05) is 18.0 Å². The SMILES string of the molecule is Cc1nccnc1C(C)NCCN1C(=O)Cc2ccccc21. The quantitative estimate of drug-likeness (QED) is 0.917. The van der Waals surface area contributed by atoms with Gasteiger partial charge in [-0.3, -0.25) is 14.8 Å². The first-order valence-corrected chi connectivity index (χ1v) is 7.56. The molecule has 0 fully saturated rings. The minimum atomic E-state index is 0.113. The first-order valence-electron chi connectivity index (χ1n) is 7.56. The van der Waals surface area contributed by atoms with Gasteiger partial charge in [-0.2, -0.15) is 0 Å². The molecular formula is C17H20N4O. The lowest BCUT2D eigenvalue weighted by Crippen LogP contribution is -2.35. The third kappa shape index (κ3) is 2.85. The highest BCUT2D eigenvalue weighted by molar-refractivity contribution is 6.01. The number of fused-ring (bicyclic) bond motifs is 1. The van der Waals surface area contributed by atoms with Gasteiger partial charge in [0.1, 0.15) is 0 Å². The smallest absolute Gasteiger partial charge is 0.231 e.